The molecule has 1 fully saturated rings. The van der Waals surface area contributed by atoms with Crippen LogP contribution in [0.25, 0.3) is 0 Å². The summed E-state index contributed by atoms with van der Waals surface area (Å²) in [4.78, 5) is 2.40. The highest BCUT2D eigenvalue weighted by Gasteiger charge is 2.19. The van der Waals surface area contributed by atoms with Gasteiger partial charge < -0.3 is 5.32 Å². The van der Waals surface area contributed by atoms with Gasteiger partial charge in [0.2, 0.25) is 0 Å². The second-order valence-corrected chi connectivity index (χ2v) is 3.18. The van der Waals surface area contributed by atoms with Crippen LogP contribution in [0.15, 0.2) is 25.3 Å². The van der Waals surface area contributed by atoms with Gasteiger partial charge in [-0.1, -0.05) is 12.2 Å². The van der Waals surface area contributed by atoms with E-state index in [0.717, 1.165) is 26.2 Å². The minimum Gasteiger partial charge on any atom is -0.315 e. The van der Waals surface area contributed by atoms with E-state index in [1.165, 1.54) is 6.42 Å². The van der Waals surface area contributed by atoms with Gasteiger partial charge in [0.25, 0.3) is 0 Å². The fourth-order valence-electron chi connectivity index (χ4n) is 1.66. The molecule has 1 aliphatic rings. The van der Waals surface area contributed by atoms with Gasteiger partial charge in [0, 0.05) is 25.7 Å². The van der Waals surface area contributed by atoms with Crippen LogP contribution in [-0.2, 0) is 0 Å². The van der Waals surface area contributed by atoms with E-state index < -0.39 is 0 Å². The Morgan fingerprint density at radius 1 is 1.33 bits per heavy atom. The molecule has 0 aromatic carbocycles. The Labute approximate surface area is 74.9 Å². The van der Waals surface area contributed by atoms with Gasteiger partial charge in [0.05, 0.1) is 0 Å². The van der Waals surface area contributed by atoms with Crippen molar-refractivity contribution in [2.45, 2.75) is 12.5 Å². The lowest BCUT2D eigenvalue weighted by Gasteiger charge is -2.25. The summed E-state index contributed by atoms with van der Waals surface area (Å²) in [6.45, 7) is 11.7. The Bertz CT molecular complexity index is 138. The van der Waals surface area contributed by atoms with Crippen LogP contribution in [0.5, 0.6) is 0 Å². The quantitative estimate of drug-likeness (QED) is 0.613. The predicted molar refractivity (Wildman–Crippen MR) is 53.2 cm³/mol. The first-order chi connectivity index (χ1) is 5.88. The highest BCUT2D eigenvalue weighted by atomic mass is 15.2. The molecule has 1 N–H and O–H groups in total. The molecule has 0 aromatic heterocycles. The van der Waals surface area contributed by atoms with Gasteiger partial charge in [-0.25, -0.2) is 0 Å². The summed E-state index contributed by atoms with van der Waals surface area (Å²) >= 11 is 0. The van der Waals surface area contributed by atoms with Gasteiger partial charge >= 0.3 is 0 Å². The van der Waals surface area contributed by atoms with Crippen LogP contribution in [-0.4, -0.2) is 37.1 Å². The largest absolute Gasteiger partial charge is 0.315 e. The topological polar surface area (TPSA) is 15.3 Å². The molecular weight excluding hydrogens is 148 g/mol. The van der Waals surface area contributed by atoms with Gasteiger partial charge in [-0.05, 0) is 13.0 Å². The first kappa shape index (κ1) is 9.49. The molecule has 0 bridgehead atoms. The fourth-order valence-corrected chi connectivity index (χ4v) is 1.66. The van der Waals surface area contributed by atoms with Gasteiger partial charge in [-0.3, -0.25) is 4.90 Å². The third-order valence-corrected chi connectivity index (χ3v) is 2.28. The normalized spacial score (nSPS) is 22.9. The molecule has 2 nitrogen and oxygen atoms in total. The Morgan fingerprint density at radius 3 is 2.42 bits per heavy atom. The molecule has 0 amide bonds. The van der Waals surface area contributed by atoms with E-state index in [1.807, 2.05) is 12.2 Å². The van der Waals surface area contributed by atoms with Crippen molar-refractivity contribution >= 4 is 0 Å². The second kappa shape index (κ2) is 5.12. The van der Waals surface area contributed by atoms with Crippen molar-refractivity contribution < 1.29 is 0 Å². The summed E-state index contributed by atoms with van der Waals surface area (Å²) in [5.41, 5.74) is 0. The molecule has 68 valence electrons. The zero-order chi connectivity index (χ0) is 8.81. The number of nitrogens with one attached hydrogen (secondary N) is 1. The summed E-state index contributed by atoms with van der Waals surface area (Å²) in [6.07, 6.45) is 5.17. The SMILES string of the molecule is C=CCN(CC=C)[C@@H]1CCNC1. The molecule has 0 aliphatic carbocycles. The molecule has 1 rings (SSSR count). The van der Waals surface area contributed by atoms with Crippen LogP contribution in [0.2, 0.25) is 0 Å². The molecule has 0 aromatic rings. The minimum atomic E-state index is 0.681. The van der Waals surface area contributed by atoms with Crippen molar-refractivity contribution in [2.24, 2.45) is 0 Å². The molecule has 0 saturated carbocycles. The summed E-state index contributed by atoms with van der Waals surface area (Å²) in [6, 6.07) is 0.681. The molecule has 1 heterocycles. The number of rotatable bonds is 5. The number of hydrogen-bond donors (Lipinski definition) is 1. The third-order valence-electron chi connectivity index (χ3n) is 2.28. The highest BCUT2D eigenvalue weighted by Crippen LogP contribution is 2.07. The molecule has 2 heteroatoms. The van der Waals surface area contributed by atoms with Gasteiger partial charge in [-0.2, -0.15) is 0 Å². The molecule has 1 atom stereocenters. The molecule has 0 spiro atoms. The van der Waals surface area contributed by atoms with Crippen molar-refractivity contribution in [2.75, 3.05) is 26.2 Å². The molecular formula is C10H18N2. The van der Waals surface area contributed by atoms with E-state index in [1.54, 1.807) is 0 Å². The molecule has 1 aliphatic heterocycles. The van der Waals surface area contributed by atoms with Crippen LogP contribution in [0, 0.1) is 0 Å². The number of nitrogens with zero attached hydrogens (tertiary/aromatic N) is 1. The molecule has 0 radical (unpaired) electrons. The van der Waals surface area contributed by atoms with E-state index in [4.69, 9.17) is 0 Å². The average Bonchev–Trinajstić information content (AvgIpc) is 2.56. The lowest BCUT2D eigenvalue weighted by atomic mass is 10.2. The minimum absolute atomic E-state index is 0.681. The van der Waals surface area contributed by atoms with Crippen LogP contribution >= 0.6 is 0 Å². The lowest BCUT2D eigenvalue weighted by Crippen LogP contribution is -2.36. The van der Waals surface area contributed by atoms with Gasteiger partial charge in [0.1, 0.15) is 0 Å². The standard InChI is InChI=1S/C10H18N2/c1-3-7-12(8-4-2)10-5-6-11-9-10/h3-4,10-11H,1-2,5-9H2/t10-/m1/s1. The van der Waals surface area contributed by atoms with E-state index in [2.05, 4.69) is 23.4 Å². The average molecular weight is 166 g/mol. The Hall–Kier alpha value is -0.600. The Morgan fingerprint density at radius 2 is 2.00 bits per heavy atom. The molecule has 1 saturated heterocycles. The van der Waals surface area contributed by atoms with Crippen molar-refractivity contribution in [3.8, 4) is 0 Å². The predicted octanol–water partition coefficient (Wildman–Crippen LogP) is 1.02. The first-order valence-corrected chi connectivity index (χ1v) is 4.55. The summed E-state index contributed by atoms with van der Waals surface area (Å²) < 4.78 is 0. The maximum absolute atomic E-state index is 3.76. The second-order valence-electron chi connectivity index (χ2n) is 3.18. The third kappa shape index (κ3) is 2.47. The van der Waals surface area contributed by atoms with Crippen molar-refractivity contribution in [3.63, 3.8) is 0 Å². The van der Waals surface area contributed by atoms with Crippen molar-refractivity contribution in [1.82, 2.24) is 10.2 Å². The smallest absolute Gasteiger partial charge is 0.0239 e. The van der Waals surface area contributed by atoms with E-state index in [0.29, 0.717) is 6.04 Å². The first-order valence-electron chi connectivity index (χ1n) is 4.55. The summed E-state index contributed by atoms with van der Waals surface area (Å²) in [7, 11) is 0. The van der Waals surface area contributed by atoms with Crippen LogP contribution in [0.3, 0.4) is 0 Å². The van der Waals surface area contributed by atoms with Gasteiger partial charge in [-0.15, -0.1) is 13.2 Å². The highest BCUT2D eigenvalue weighted by molar-refractivity contribution is 4.88. The van der Waals surface area contributed by atoms with E-state index >= 15 is 0 Å². The lowest BCUT2D eigenvalue weighted by molar-refractivity contribution is 0.256. The van der Waals surface area contributed by atoms with Crippen LogP contribution in [0.1, 0.15) is 6.42 Å². The Kier molecular flexibility index (Phi) is 4.05. The summed E-state index contributed by atoms with van der Waals surface area (Å²) in [5, 5.41) is 3.36. The Balaban J connectivity index is 2.38. The zero-order valence-corrected chi connectivity index (χ0v) is 7.63. The summed E-state index contributed by atoms with van der Waals surface area (Å²) in [5.74, 6) is 0. The van der Waals surface area contributed by atoms with Gasteiger partial charge in [0.15, 0.2) is 0 Å². The maximum atomic E-state index is 3.76. The van der Waals surface area contributed by atoms with Crippen LogP contribution < -0.4 is 5.32 Å². The fraction of sp³-hybridized carbons (Fsp3) is 0.600. The molecule has 0 unspecified atom stereocenters. The van der Waals surface area contributed by atoms with Crippen molar-refractivity contribution in [3.05, 3.63) is 25.3 Å². The maximum Gasteiger partial charge on any atom is 0.0239 e. The zero-order valence-electron chi connectivity index (χ0n) is 7.63. The van der Waals surface area contributed by atoms with Crippen LogP contribution in [0.4, 0.5) is 0 Å². The van der Waals surface area contributed by atoms with E-state index in [-0.39, 0.29) is 0 Å². The van der Waals surface area contributed by atoms with Crippen molar-refractivity contribution in [1.29, 1.82) is 0 Å². The van der Waals surface area contributed by atoms with E-state index in [9.17, 15) is 0 Å². The monoisotopic (exact) mass is 166 g/mol. The number of hydrogen-bond acceptors (Lipinski definition) is 2. The molecule has 12 heavy (non-hydrogen) atoms.